The lowest BCUT2D eigenvalue weighted by Gasteiger charge is -2.34. The molecule has 0 aliphatic carbocycles. The van der Waals surface area contributed by atoms with E-state index in [0.717, 1.165) is 25.4 Å². The van der Waals surface area contributed by atoms with Gasteiger partial charge in [0.15, 0.2) is 0 Å². The molecular weight excluding hydrogens is 230 g/mol. The Kier molecular flexibility index (Phi) is 4.38. The van der Waals surface area contributed by atoms with E-state index >= 15 is 0 Å². The number of amides is 1. The molecule has 1 aromatic heterocycles. The fraction of sp³-hybridized carbons (Fsp3) is 0.615. The number of furan rings is 1. The third-order valence-corrected chi connectivity index (χ3v) is 3.38. The summed E-state index contributed by atoms with van der Waals surface area (Å²) in [5.41, 5.74) is 0. The number of piperazine rings is 1. The first kappa shape index (κ1) is 13.1. The first-order valence-corrected chi connectivity index (χ1v) is 6.38. The van der Waals surface area contributed by atoms with Crippen LogP contribution in [-0.2, 0) is 11.3 Å². The SMILES string of the molecule is CC1CNCCN1CC(=O)N(C)Cc1ccco1. The molecule has 2 rings (SSSR count). The monoisotopic (exact) mass is 251 g/mol. The highest BCUT2D eigenvalue weighted by molar-refractivity contribution is 5.78. The lowest BCUT2D eigenvalue weighted by Crippen LogP contribution is -2.52. The quantitative estimate of drug-likeness (QED) is 0.848. The van der Waals surface area contributed by atoms with Crippen molar-refractivity contribution in [3.05, 3.63) is 24.2 Å². The zero-order chi connectivity index (χ0) is 13.0. The van der Waals surface area contributed by atoms with Crippen molar-refractivity contribution in [2.24, 2.45) is 0 Å². The molecule has 0 saturated carbocycles. The second-order valence-electron chi connectivity index (χ2n) is 4.85. The maximum absolute atomic E-state index is 12.1. The third kappa shape index (κ3) is 3.34. The van der Waals surface area contributed by atoms with Gasteiger partial charge in [0.05, 0.1) is 19.4 Å². The molecule has 100 valence electrons. The van der Waals surface area contributed by atoms with Crippen LogP contribution in [0.5, 0.6) is 0 Å². The Labute approximate surface area is 108 Å². The van der Waals surface area contributed by atoms with Crippen LogP contribution >= 0.6 is 0 Å². The standard InChI is InChI=1S/C13H21N3O2/c1-11-8-14-5-6-16(11)10-13(17)15(2)9-12-4-3-7-18-12/h3-4,7,11,14H,5-6,8-10H2,1-2H3. The van der Waals surface area contributed by atoms with Crippen LogP contribution in [0.1, 0.15) is 12.7 Å². The van der Waals surface area contributed by atoms with Crippen molar-refractivity contribution in [2.75, 3.05) is 33.2 Å². The first-order valence-electron chi connectivity index (χ1n) is 6.38. The second kappa shape index (κ2) is 6.02. The number of hydrogen-bond donors (Lipinski definition) is 1. The molecule has 0 aromatic carbocycles. The number of carbonyl (C=O) groups is 1. The number of rotatable bonds is 4. The van der Waals surface area contributed by atoms with E-state index in [1.54, 1.807) is 11.2 Å². The van der Waals surface area contributed by atoms with E-state index in [2.05, 4.69) is 17.1 Å². The van der Waals surface area contributed by atoms with Gasteiger partial charge in [-0.1, -0.05) is 0 Å². The van der Waals surface area contributed by atoms with E-state index in [4.69, 9.17) is 4.42 Å². The van der Waals surface area contributed by atoms with Crippen LogP contribution in [0, 0.1) is 0 Å². The van der Waals surface area contributed by atoms with Crippen LogP contribution in [0.2, 0.25) is 0 Å². The van der Waals surface area contributed by atoms with E-state index in [0.29, 0.717) is 19.1 Å². The summed E-state index contributed by atoms with van der Waals surface area (Å²) in [4.78, 5) is 16.0. The summed E-state index contributed by atoms with van der Waals surface area (Å²) in [5, 5.41) is 3.32. The van der Waals surface area contributed by atoms with Crippen molar-refractivity contribution in [3.63, 3.8) is 0 Å². The summed E-state index contributed by atoms with van der Waals surface area (Å²) in [6, 6.07) is 4.14. The van der Waals surface area contributed by atoms with Crippen molar-refractivity contribution in [2.45, 2.75) is 19.5 Å². The number of hydrogen-bond acceptors (Lipinski definition) is 4. The molecule has 1 aliphatic heterocycles. The van der Waals surface area contributed by atoms with Crippen molar-refractivity contribution >= 4 is 5.91 Å². The normalized spacial score (nSPS) is 20.9. The van der Waals surface area contributed by atoms with Gasteiger partial charge < -0.3 is 14.6 Å². The summed E-state index contributed by atoms with van der Waals surface area (Å²) in [5.74, 6) is 0.958. The molecule has 1 unspecified atom stereocenters. The lowest BCUT2D eigenvalue weighted by molar-refractivity contribution is -0.132. The van der Waals surface area contributed by atoms with Crippen molar-refractivity contribution in [1.82, 2.24) is 15.1 Å². The molecule has 1 amide bonds. The van der Waals surface area contributed by atoms with E-state index in [9.17, 15) is 4.79 Å². The largest absolute Gasteiger partial charge is 0.467 e. The summed E-state index contributed by atoms with van der Waals surface area (Å²) in [6.07, 6.45) is 1.63. The van der Waals surface area contributed by atoms with E-state index in [1.165, 1.54) is 0 Å². The zero-order valence-electron chi connectivity index (χ0n) is 11.1. The predicted octanol–water partition coefficient (Wildman–Crippen LogP) is 0.532. The van der Waals surface area contributed by atoms with Crippen LogP contribution in [0.15, 0.2) is 22.8 Å². The second-order valence-corrected chi connectivity index (χ2v) is 4.85. The van der Waals surface area contributed by atoms with Gasteiger partial charge in [0.2, 0.25) is 5.91 Å². The molecule has 18 heavy (non-hydrogen) atoms. The highest BCUT2D eigenvalue weighted by Crippen LogP contribution is 2.06. The maximum Gasteiger partial charge on any atom is 0.236 e. The van der Waals surface area contributed by atoms with Gasteiger partial charge in [0, 0.05) is 32.7 Å². The molecule has 5 nitrogen and oxygen atoms in total. The Bertz CT molecular complexity index is 378. The lowest BCUT2D eigenvalue weighted by atomic mass is 10.2. The van der Waals surface area contributed by atoms with Crippen molar-refractivity contribution in [3.8, 4) is 0 Å². The Morgan fingerprint density at radius 3 is 3.17 bits per heavy atom. The topological polar surface area (TPSA) is 48.7 Å². The molecule has 5 heteroatoms. The van der Waals surface area contributed by atoms with Gasteiger partial charge in [0.25, 0.3) is 0 Å². The predicted molar refractivity (Wildman–Crippen MR) is 69.1 cm³/mol. The van der Waals surface area contributed by atoms with Gasteiger partial charge in [0.1, 0.15) is 5.76 Å². The van der Waals surface area contributed by atoms with Gasteiger partial charge in [-0.25, -0.2) is 0 Å². The highest BCUT2D eigenvalue weighted by atomic mass is 16.3. The van der Waals surface area contributed by atoms with Gasteiger partial charge >= 0.3 is 0 Å². The Morgan fingerprint density at radius 2 is 2.50 bits per heavy atom. The molecule has 0 bridgehead atoms. The maximum atomic E-state index is 12.1. The first-order chi connectivity index (χ1) is 8.66. The van der Waals surface area contributed by atoms with Crippen LogP contribution in [0.25, 0.3) is 0 Å². The van der Waals surface area contributed by atoms with Crippen molar-refractivity contribution in [1.29, 1.82) is 0 Å². The minimum atomic E-state index is 0.139. The number of carbonyl (C=O) groups excluding carboxylic acids is 1. The molecule has 1 aliphatic rings. The zero-order valence-corrected chi connectivity index (χ0v) is 11.1. The molecule has 0 spiro atoms. The van der Waals surface area contributed by atoms with E-state index in [1.807, 2.05) is 19.2 Å². The summed E-state index contributed by atoms with van der Waals surface area (Å²) >= 11 is 0. The Morgan fingerprint density at radius 1 is 1.67 bits per heavy atom. The van der Waals surface area contributed by atoms with Crippen molar-refractivity contribution < 1.29 is 9.21 Å². The molecule has 0 radical (unpaired) electrons. The van der Waals surface area contributed by atoms with Crippen LogP contribution in [0.3, 0.4) is 0 Å². The number of likely N-dealkylation sites (N-methyl/N-ethyl adjacent to an activating group) is 1. The number of nitrogens with one attached hydrogen (secondary N) is 1. The van der Waals surface area contributed by atoms with Gasteiger partial charge in [-0.3, -0.25) is 9.69 Å². The Balaban J connectivity index is 1.83. The fourth-order valence-corrected chi connectivity index (χ4v) is 2.14. The molecule has 1 fully saturated rings. The average molecular weight is 251 g/mol. The summed E-state index contributed by atoms with van der Waals surface area (Å²) in [7, 11) is 1.82. The van der Waals surface area contributed by atoms with Crippen LogP contribution in [0.4, 0.5) is 0 Å². The van der Waals surface area contributed by atoms with Gasteiger partial charge in [-0.15, -0.1) is 0 Å². The third-order valence-electron chi connectivity index (χ3n) is 3.38. The minimum Gasteiger partial charge on any atom is -0.467 e. The molecule has 1 N–H and O–H groups in total. The summed E-state index contributed by atoms with van der Waals surface area (Å²) < 4.78 is 5.25. The molecular formula is C13H21N3O2. The molecule has 1 aromatic rings. The number of nitrogens with zero attached hydrogens (tertiary/aromatic N) is 2. The fourth-order valence-electron chi connectivity index (χ4n) is 2.14. The van der Waals surface area contributed by atoms with Crippen LogP contribution in [-0.4, -0.2) is 55.0 Å². The molecule has 2 heterocycles. The minimum absolute atomic E-state index is 0.139. The highest BCUT2D eigenvalue weighted by Gasteiger charge is 2.22. The summed E-state index contributed by atoms with van der Waals surface area (Å²) in [6.45, 7) is 6.01. The van der Waals surface area contributed by atoms with Crippen LogP contribution < -0.4 is 5.32 Å². The smallest absolute Gasteiger partial charge is 0.236 e. The van der Waals surface area contributed by atoms with E-state index in [-0.39, 0.29) is 5.91 Å². The van der Waals surface area contributed by atoms with E-state index < -0.39 is 0 Å². The molecule has 1 saturated heterocycles. The van der Waals surface area contributed by atoms with Gasteiger partial charge in [-0.2, -0.15) is 0 Å². The average Bonchev–Trinajstić information content (AvgIpc) is 2.84. The van der Waals surface area contributed by atoms with Gasteiger partial charge in [-0.05, 0) is 19.1 Å². The molecule has 1 atom stereocenters. The Hall–Kier alpha value is -1.33.